The zero-order valence-electron chi connectivity index (χ0n) is 20.6. The third-order valence-corrected chi connectivity index (χ3v) is 6.75. The molecule has 0 saturated carbocycles. The van der Waals surface area contributed by atoms with Crippen molar-refractivity contribution >= 4 is 5.78 Å². The Morgan fingerprint density at radius 1 is 0.553 bits per heavy atom. The second-order valence-electron chi connectivity index (χ2n) is 8.95. The normalized spacial score (nSPS) is 11.3. The van der Waals surface area contributed by atoms with E-state index in [4.69, 9.17) is 5.10 Å². The Morgan fingerprint density at radius 2 is 1.00 bits per heavy atom. The van der Waals surface area contributed by atoms with E-state index < -0.39 is 5.54 Å². The van der Waals surface area contributed by atoms with Gasteiger partial charge in [0.05, 0.1) is 0 Å². The second kappa shape index (κ2) is 10.1. The van der Waals surface area contributed by atoms with Crippen molar-refractivity contribution < 1.29 is 4.79 Å². The highest BCUT2D eigenvalue weighted by atomic mass is 16.1. The fourth-order valence-corrected chi connectivity index (χ4v) is 5.00. The van der Waals surface area contributed by atoms with Crippen LogP contribution in [0, 0.1) is 0 Å². The topological polar surface area (TPSA) is 60.7 Å². The van der Waals surface area contributed by atoms with Gasteiger partial charge in [0.2, 0.25) is 11.6 Å². The van der Waals surface area contributed by atoms with Crippen molar-refractivity contribution in [3.63, 3.8) is 0 Å². The van der Waals surface area contributed by atoms with Gasteiger partial charge in [0, 0.05) is 5.56 Å². The summed E-state index contributed by atoms with van der Waals surface area (Å²) in [6, 6.07) is 47.6. The maximum atomic E-state index is 13.8. The molecule has 6 rings (SSSR count). The monoisotopic (exact) mass is 492 g/mol. The smallest absolute Gasteiger partial charge is 0.245 e. The van der Waals surface area contributed by atoms with E-state index in [1.807, 2.05) is 109 Å². The van der Waals surface area contributed by atoms with Gasteiger partial charge >= 0.3 is 0 Å². The largest absolute Gasteiger partial charge is 0.285 e. The lowest BCUT2D eigenvalue weighted by Crippen LogP contribution is -2.39. The van der Waals surface area contributed by atoms with Crippen LogP contribution in [0.5, 0.6) is 0 Å². The SMILES string of the molecule is O=C(c1nnn(C(c2ccccc2)(c2ccccc2)c2ccccc2)n1)c1ccccc1-c1ccccc1. The number of aromatic nitrogens is 4. The van der Waals surface area contributed by atoms with Gasteiger partial charge in [-0.3, -0.25) is 4.79 Å². The van der Waals surface area contributed by atoms with Crippen molar-refractivity contribution in [1.29, 1.82) is 0 Å². The van der Waals surface area contributed by atoms with E-state index in [9.17, 15) is 4.79 Å². The number of rotatable bonds is 7. The molecule has 5 nitrogen and oxygen atoms in total. The number of nitrogens with zero attached hydrogens (tertiary/aromatic N) is 4. The summed E-state index contributed by atoms with van der Waals surface area (Å²) in [6.45, 7) is 0. The van der Waals surface area contributed by atoms with E-state index in [0.717, 1.165) is 27.8 Å². The first kappa shape index (κ1) is 23.3. The number of ketones is 1. The van der Waals surface area contributed by atoms with Crippen molar-refractivity contribution in [3.05, 3.63) is 174 Å². The molecular weight excluding hydrogens is 468 g/mol. The predicted octanol–water partition coefficient (Wildman–Crippen LogP) is 6.41. The molecule has 0 bridgehead atoms. The van der Waals surface area contributed by atoms with Crippen LogP contribution in [-0.4, -0.2) is 26.0 Å². The van der Waals surface area contributed by atoms with Gasteiger partial charge in [0.15, 0.2) is 5.54 Å². The second-order valence-corrected chi connectivity index (χ2v) is 8.95. The summed E-state index contributed by atoms with van der Waals surface area (Å²) < 4.78 is 0. The lowest BCUT2D eigenvalue weighted by molar-refractivity contribution is 0.102. The summed E-state index contributed by atoms with van der Waals surface area (Å²) in [7, 11) is 0. The van der Waals surface area contributed by atoms with E-state index in [1.54, 1.807) is 4.80 Å². The Labute approximate surface area is 221 Å². The molecule has 0 radical (unpaired) electrons. The summed E-state index contributed by atoms with van der Waals surface area (Å²) >= 11 is 0. The predicted molar refractivity (Wildman–Crippen MR) is 148 cm³/mol. The highest BCUT2D eigenvalue weighted by Crippen LogP contribution is 2.39. The van der Waals surface area contributed by atoms with E-state index in [1.165, 1.54) is 0 Å². The van der Waals surface area contributed by atoms with Crippen LogP contribution >= 0.6 is 0 Å². The highest BCUT2D eigenvalue weighted by molar-refractivity contribution is 6.10. The van der Waals surface area contributed by atoms with Gasteiger partial charge in [-0.15, -0.1) is 15.0 Å². The third kappa shape index (κ3) is 4.00. The van der Waals surface area contributed by atoms with Crippen LogP contribution < -0.4 is 0 Å². The first-order valence-corrected chi connectivity index (χ1v) is 12.4. The molecule has 0 N–H and O–H groups in total. The molecule has 182 valence electrons. The van der Waals surface area contributed by atoms with Gasteiger partial charge in [-0.1, -0.05) is 146 Å². The van der Waals surface area contributed by atoms with Crippen molar-refractivity contribution in [2.45, 2.75) is 5.54 Å². The number of tetrazole rings is 1. The molecule has 0 saturated heterocycles. The molecule has 1 heterocycles. The Bertz CT molecular complexity index is 1570. The molecule has 38 heavy (non-hydrogen) atoms. The minimum atomic E-state index is -0.936. The number of hydrogen-bond acceptors (Lipinski definition) is 4. The van der Waals surface area contributed by atoms with Crippen molar-refractivity contribution in [2.24, 2.45) is 0 Å². The van der Waals surface area contributed by atoms with Crippen LogP contribution in [-0.2, 0) is 5.54 Å². The highest BCUT2D eigenvalue weighted by Gasteiger charge is 2.41. The molecule has 5 heteroatoms. The maximum Gasteiger partial charge on any atom is 0.245 e. The van der Waals surface area contributed by atoms with Crippen molar-refractivity contribution in [1.82, 2.24) is 20.2 Å². The van der Waals surface area contributed by atoms with E-state index >= 15 is 0 Å². The van der Waals surface area contributed by atoms with Crippen molar-refractivity contribution in [2.75, 3.05) is 0 Å². The van der Waals surface area contributed by atoms with Crippen LogP contribution in [0.3, 0.4) is 0 Å². The number of benzene rings is 5. The van der Waals surface area contributed by atoms with Crippen LogP contribution in [0.2, 0.25) is 0 Å². The lowest BCUT2D eigenvalue weighted by atomic mass is 9.77. The Morgan fingerprint density at radius 3 is 1.53 bits per heavy atom. The quantitative estimate of drug-likeness (QED) is 0.191. The molecule has 0 atom stereocenters. The minimum absolute atomic E-state index is 0.0422. The summed E-state index contributed by atoms with van der Waals surface area (Å²) in [5, 5.41) is 13.6. The van der Waals surface area contributed by atoms with E-state index in [2.05, 4.69) is 46.7 Å². The van der Waals surface area contributed by atoms with Gasteiger partial charge < -0.3 is 0 Å². The molecule has 0 fully saturated rings. The van der Waals surface area contributed by atoms with Gasteiger partial charge in [0.1, 0.15) is 0 Å². The molecule has 5 aromatic carbocycles. The van der Waals surface area contributed by atoms with Crippen LogP contribution in [0.4, 0.5) is 0 Å². The lowest BCUT2D eigenvalue weighted by Gasteiger charge is -2.34. The van der Waals surface area contributed by atoms with Crippen LogP contribution in [0.1, 0.15) is 32.9 Å². The van der Waals surface area contributed by atoms with Gasteiger partial charge in [0.25, 0.3) is 0 Å². The summed E-state index contributed by atoms with van der Waals surface area (Å²) in [4.78, 5) is 15.4. The minimum Gasteiger partial charge on any atom is -0.285 e. The maximum absolute atomic E-state index is 13.8. The first-order valence-electron chi connectivity index (χ1n) is 12.4. The molecule has 0 aliphatic carbocycles. The zero-order valence-corrected chi connectivity index (χ0v) is 20.6. The molecule has 0 unspecified atom stereocenters. The van der Waals surface area contributed by atoms with E-state index in [-0.39, 0.29) is 11.6 Å². The summed E-state index contributed by atoms with van der Waals surface area (Å²) in [6.07, 6.45) is 0. The molecule has 0 aliphatic rings. The average molecular weight is 493 g/mol. The average Bonchev–Trinajstić information content (AvgIpc) is 3.50. The molecule has 1 aromatic heterocycles. The van der Waals surface area contributed by atoms with Gasteiger partial charge in [-0.2, -0.15) is 0 Å². The number of hydrogen-bond donors (Lipinski definition) is 0. The third-order valence-electron chi connectivity index (χ3n) is 6.75. The first-order chi connectivity index (χ1) is 18.8. The number of carbonyl (C=O) groups is 1. The van der Waals surface area contributed by atoms with Crippen molar-refractivity contribution in [3.8, 4) is 11.1 Å². The molecule has 0 amide bonds. The fourth-order valence-electron chi connectivity index (χ4n) is 5.00. The molecule has 0 spiro atoms. The fraction of sp³-hybridized carbons (Fsp3) is 0.0303. The summed E-state index contributed by atoms with van der Waals surface area (Å²) in [5.41, 5.74) is 4.25. The van der Waals surface area contributed by atoms with Gasteiger partial charge in [-0.05, 0) is 33.0 Å². The number of carbonyl (C=O) groups excluding carboxylic acids is 1. The standard InChI is InChI=1S/C33H24N4O/c38-31(30-24-14-13-23-29(30)25-15-5-1-6-16-25)32-34-36-37(35-32)33(26-17-7-2-8-18-26,27-19-9-3-10-20-27)28-21-11-4-12-22-28/h1-24H. The van der Waals surface area contributed by atoms with Crippen LogP contribution in [0.25, 0.3) is 11.1 Å². The molecule has 0 aliphatic heterocycles. The van der Waals surface area contributed by atoms with Crippen LogP contribution in [0.15, 0.2) is 146 Å². The summed E-state index contributed by atoms with van der Waals surface area (Å²) in [5.74, 6) is -0.237. The zero-order chi connectivity index (χ0) is 25.8. The van der Waals surface area contributed by atoms with E-state index in [0.29, 0.717) is 5.56 Å². The Hall–Kier alpha value is -5.16. The Kier molecular flexibility index (Phi) is 6.16. The molecule has 6 aromatic rings. The Balaban J connectivity index is 1.54. The molecular formula is C33H24N4O. The van der Waals surface area contributed by atoms with Gasteiger partial charge in [-0.25, -0.2) is 0 Å².